The Morgan fingerprint density at radius 1 is 1.53 bits per heavy atom. The lowest BCUT2D eigenvalue weighted by atomic mass is 10.0. The Balaban J connectivity index is 2.10. The number of nitrogens with one attached hydrogen (secondary N) is 1. The number of nitrogens with zero attached hydrogens (tertiary/aromatic N) is 1. The minimum absolute atomic E-state index is 0.0901. The molecule has 1 heterocycles. The quantitative estimate of drug-likeness (QED) is 0.616. The fourth-order valence-corrected chi connectivity index (χ4v) is 1.69. The number of para-hydroxylation sites is 1. The third kappa shape index (κ3) is 3.20. The van der Waals surface area contributed by atoms with E-state index in [1.807, 2.05) is 37.3 Å². The number of ether oxygens (including phenoxy) is 1. The molecule has 1 amide bonds. The second-order valence-electron chi connectivity index (χ2n) is 4.58. The van der Waals surface area contributed by atoms with Gasteiger partial charge in [-0.15, -0.1) is 0 Å². The summed E-state index contributed by atoms with van der Waals surface area (Å²) in [6.07, 6.45) is 3.53. The highest BCUT2D eigenvalue weighted by Crippen LogP contribution is 2.28. The van der Waals surface area contributed by atoms with Crippen LogP contribution in [0, 0.1) is 0 Å². The number of rotatable bonds is 3. The van der Waals surface area contributed by atoms with Crippen LogP contribution in [0.3, 0.4) is 0 Å². The first kappa shape index (κ1) is 13.3. The van der Waals surface area contributed by atoms with Crippen molar-refractivity contribution in [2.45, 2.75) is 26.0 Å². The second-order valence-corrected chi connectivity index (χ2v) is 4.58. The largest absolute Gasteiger partial charge is 0.485 e. The number of fused-ring (bicyclic) bond motifs is 1. The Bertz CT molecular complexity index is 535. The van der Waals surface area contributed by atoms with Crippen LogP contribution in [0.1, 0.15) is 19.4 Å². The van der Waals surface area contributed by atoms with Gasteiger partial charge in [-0.1, -0.05) is 18.2 Å². The highest BCUT2D eigenvalue weighted by molar-refractivity contribution is 5.89. The topological polar surface area (TPSA) is 78.3 Å². The summed E-state index contributed by atoms with van der Waals surface area (Å²) in [4.78, 5) is 11.3. The number of hydrogen-bond acceptors (Lipinski definition) is 3. The number of benzene rings is 1. The monoisotopic (exact) mass is 260 g/mol. The van der Waals surface area contributed by atoms with Crippen molar-refractivity contribution in [1.82, 2.24) is 5.43 Å². The van der Waals surface area contributed by atoms with Gasteiger partial charge in [-0.05, 0) is 26.0 Å². The molecule has 0 aromatic heterocycles. The zero-order valence-electron chi connectivity index (χ0n) is 11.1. The lowest BCUT2D eigenvalue weighted by Gasteiger charge is -2.22. The Labute approximate surface area is 112 Å². The molecule has 100 valence electrons. The molecular weight excluding hydrogens is 242 g/mol. The van der Waals surface area contributed by atoms with Crippen LogP contribution >= 0.6 is 0 Å². The summed E-state index contributed by atoms with van der Waals surface area (Å²) < 4.78 is 5.76. The Morgan fingerprint density at radius 2 is 2.26 bits per heavy atom. The van der Waals surface area contributed by atoms with Gasteiger partial charge in [-0.25, -0.2) is 5.43 Å². The van der Waals surface area contributed by atoms with E-state index in [1.54, 1.807) is 13.1 Å². The van der Waals surface area contributed by atoms with Crippen LogP contribution in [0.25, 0.3) is 6.08 Å². The molecule has 0 radical (unpaired) electrons. The van der Waals surface area contributed by atoms with Gasteiger partial charge in [0.25, 0.3) is 5.91 Å². The molecule has 5 heteroatoms. The molecule has 1 aromatic carbocycles. The zero-order chi connectivity index (χ0) is 13.8. The fraction of sp³-hybridized carbons (Fsp3) is 0.286. The molecule has 0 saturated heterocycles. The van der Waals surface area contributed by atoms with E-state index in [4.69, 9.17) is 4.74 Å². The number of carbonyl (C=O) groups excluding carboxylic acids is 1. The normalized spacial score (nSPS) is 19.3. The summed E-state index contributed by atoms with van der Waals surface area (Å²) >= 11 is 0. The molecule has 0 bridgehead atoms. The van der Waals surface area contributed by atoms with Gasteiger partial charge in [-0.2, -0.15) is 5.10 Å². The van der Waals surface area contributed by atoms with Crippen LogP contribution in [0.2, 0.25) is 0 Å². The van der Waals surface area contributed by atoms with E-state index < -0.39 is 0 Å². The van der Waals surface area contributed by atoms with Crippen LogP contribution in [0.15, 0.2) is 34.9 Å². The van der Waals surface area contributed by atoms with Gasteiger partial charge < -0.3 is 10.5 Å². The molecule has 0 unspecified atom stereocenters. The summed E-state index contributed by atoms with van der Waals surface area (Å²) in [6, 6.07) is 7.48. The van der Waals surface area contributed by atoms with E-state index in [0.29, 0.717) is 0 Å². The lowest BCUT2D eigenvalue weighted by molar-refractivity contribution is -0.398. The van der Waals surface area contributed by atoms with Gasteiger partial charge in [0.15, 0.2) is 6.04 Å². The zero-order valence-corrected chi connectivity index (χ0v) is 11.1. The standard InChI is InChI=1S/C14H17N3O2/c1-9(15)14(18)17-16-8-12-7-11-5-3-4-6-13(11)19-10(12)2/h3-10H,15H2,1-2H3,(H,17,18)/p+1/b16-8-/t9-,10+/m1/s1. The Kier molecular flexibility index (Phi) is 3.97. The molecule has 5 nitrogen and oxygen atoms in total. The van der Waals surface area contributed by atoms with Crippen LogP contribution < -0.4 is 15.9 Å². The minimum atomic E-state index is -0.327. The Hall–Kier alpha value is -2.14. The summed E-state index contributed by atoms with van der Waals surface area (Å²) in [5, 5.41) is 3.93. The highest BCUT2D eigenvalue weighted by Gasteiger charge is 2.17. The predicted molar refractivity (Wildman–Crippen MR) is 73.5 cm³/mol. The van der Waals surface area contributed by atoms with E-state index in [0.717, 1.165) is 16.9 Å². The van der Waals surface area contributed by atoms with Crippen molar-refractivity contribution >= 4 is 18.2 Å². The molecule has 2 atom stereocenters. The van der Waals surface area contributed by atoms with E-state index in [2.05, 4.69) is 16.3 Å². The van der Waals surface area contributed by atoms with E-state index >= 15 is 0 Å². The van der Waals surface area contributed by atoms with Crippen molar-refractivity contribution in [1.29, 1.82) is 0 Å². The fourth-order valence-electron chi connectivity index (χ4n) is 1.69. The minimum Gasteiger partial charge on any atom is -0.485 e. The average Bonchev–Trinajstić information content (AvgIpc) is 2.39. The second kappa shape index (κ2) is 5.67. The summed E-state index contributed by atoms with van der Waals surface area (Å²) in [7, 11) is 0. The molecule has 2 rings (SSSR count). The van der Waals surface area contributed by atoms with Crippen LogP contribution in [-0.4, -0.2) is 24.3 Å². The lowest BCUT2D eigenvalue weighted by Crippen LogP contribution is -2.65. The smallest absolute Gasteiger partial charge is 0.297 e. The van der Waals surface area contributed by atoms with Crippen molar-refractivity contribution < 1.29 is 15.3 Å². The van der Waals surface area contributed by atoms with Gasteiger partial charge in [0.05, 0.1) is 6.21 Å². The van der Waals surface area contributed by atoms with Gasteiger partial charge in [-0.3, -0.25) is 4.79 Å². The molecule has 0 aliphatic carbocycles. The van der Waals surface area contributed by atoms with Gasteiger partial charge in [0.1, 0.15) is 11.9 Å². The molecular formula is C14H18N3O2+. The van der Waals surface area contributed by atoms with Crippen molar-refractivity contribution in [3.8, 4) is 5.75 Å². The first-order chi connectivity index (χ1) is 9.08. The maximum absolute atomic E-state index is 11.3. The van der Waals surface area contributed by atoms with E-state index in [1.165, 1.54) is 0 Å². The van der Waals surface area contributed by atoms with E-state index in [-0.39, 0.29) is 18.1 Å². The SMILES string of the molecule is C[C@@H]1Oc2ccccc2C=C1/C=N\NC(=O)[C@@H](C)[NH3+]. The number of quaternary nitrogens is 1. The predicted octanol–water partition coefficient (Wildman–Crippen LogP) is 0.583. The van der Waals surface area contributed by atoms with Crippen molar-refractivity contribution in [2.24, 2.45) is 5.10 Å². The molecule has 1 aromatic rings. The number of hydrogen-bond donors (Lipinski definition) is 2. The average molecular weight is 260 g/mol. The molecule has 1 aliphatic heterocycles. The van der Waals surface area contributed by atoms with Crippen LogP contribution in [0.5, 0.6) is 5.75 Å². The maximum Gasteiger partial charge on any atom is 0.297 e. The first-order valence-electron chi connectivity index (χ1n) is 6.21. The van der Waals surface area contributed by atoms with Crippen LogP contribution in [-0.2, 0) is 4.79 Å². The summed E-state index contributed by atoms with van der Waals surface area (Å²) in [6.45, 7) is 3.66. The van der Waals surface area contributed by atoms with Crippen LogP contribution in [0.4, 0.5) is 0 Å². The van der Waals surface area contributed by atoms with Gasteiger partial charge >= 0.3 is 0 Å². The van der Waals surface area contributed by atoms with E-state index in [9.17, 15) is 4.79 Å². The third-order valence-electron chi connectivity index (χ3n) is 2.85. The molecule has 0 saturated carbocycles. The van der Waals surface area contributed by atoms with Crippen molar-refractivity contribution in [2.75, 3.05) is 0 Å². The summed E-state index contributed by atoms with van der Waals surface area (Å²) in [5.41, 5.74) is 7.99. The first-order valence-corrected chi connectivity index (χ1v) is 6.21. The molecule has 1 aliphatic rings. The molecule has 4 N–H and O–H groups in total. The Morgan fingerprint density at radius 3 is 3.00 bits per heavy atom. The van der Waals surface area contributed by atoms with Gasteiger partial charge in [0.2, 0.25) is 0 Å². The summed E-state index contributed by atoms with van der Waals surface area (Å²) in [5.74, 6) is 0.657. The molecule has 19 heavy (non-hydrogen) atoms. The number of carbonyl (C=O) groups is 1. The maximum atomic E-state index is 11.3. The molecule has 0 fully saturated rings. The van der Waals surface area contributed by atoms with Gasteiger partial charge in [0, 0.05) is 11.1 Å². The molecule has 0 spiro atoms. The number of hydrazone groups is 1. The highest BCUT2D eigenvalue weighted by atomic mass is 16.5. The van der Waals surface area contributed by atoms with Crippen molar-refractivity contribution in [3.63, 3.8) is 0 Å². The number of amides is 1. The third-order valence-corrected chi connectivity index (χ3v) is 2.85. The van der Waals surface area contributed by atoms with Crippen molar-refractivity contribution in [3.05, 3.63) is 35.4 Å².